The van der Waals surface area contributed by atoms with Crippen LogP contribution in [0.2, 0.25) is 0 Å². The smallest absolute Gasteiger partial charge is 0.275 e. The van der Waals surface area contributed by atoms with E-state index in [1.165, 1.54) is 5.01 Å². The van der Waals surface area contributed by atoms with E-state index in [1.807, 2.05) is 53.8 Å². The second-order valence-electron chi connectivity index (χ2n) is 11.2. The molecular weight excluding hydrogens is 618 g/mol. The van der Waals surface area contributed by atoms with Gasteiger partial charge in [-0.2, -0.15) is 4.99 Å². The van der Waals surface area contributed by atoms with Crippen molar-refractivity contribution in [3.63, 3.8) is 0 Å². The summed E-state index contributed by atoms with van der Waals surface area (Å²) in [7, 11) is 0. The first-order chi connectivity index (χ1) is 22.1. The summed E-state index contributed by atoms with van der Waals surface area (Å²) < 4.78 is 1.88. The number of hydrogen-bond acceptors (Lipinski definition) is 10. The molecule has 46 heavy (non-hydrogen) atoms. The summed E-state index contributed by atoms with van der Waals surface area (Å²) in [5, 5.41) is 24.9. The molecule has 0 bridgehead atoms. The van der Waals surface area contributed by atoms with Crippen molar-refractivity contribution in [1.29, 1.82) is 0 Å². The molecule has 3 amide bonds. The molecule has 18 nitrogen and oxygen atoms in total. The number of nitrogens with zero attached hydrogens (tertiary/aromatic N) is 9. The van der Waals surface area contributed by atoms with Gasteiger partial charge in [-0.05, 0) is 44.9 Å². The van der Waals surface area contributed by atoms with Crippen molar-refractivity contribution in [1.82, 2.24) is 35.3 Å². The summed E-state index contributed by atoms with van der Waals surface area (Å²) >= 11 is 6.18. The van der Waals surface area contributed by atoms with Gasteiger partial charge in [-0.3, -0.25) is 19.4 Å². The lowest BCUT2D eigenvalue weighted by atomic mass is 9.88. The zero-order chi connectivity index (χ0) is 33.0. The van der Waals surface area contributed by atoms with Crippen LogP contribution in [0.3, 0.4) is 0 Å². The van der Waals surface area contributed by atoms with Gasteiger partial charge in [0.15, 0.2) is 18.0 Å². The number of hydrazine groups is 1. The van der Waals surface area contributed by atoms with E-state index in [1.54, 1.807) is 4.90 Å². The number of piperidine rings is 1. The van der Waals surface area contributed by atoms with E-state index in [0.717, 1.165) is 10.9 Å². The normalized spacial score (nSPS) is 22.1. The molecule has 0 radical (unpaired) electrons. The summed E-state index contributed by atoms with van der Waals surface area (Å²) in [6, 6.07) is 6.37. The lowest BCUT2D eigenvalue weighted by Gasteiger charge is -2.38. The van der Waals surface area contributed by atoms with Crippen LogP contribution in [0.5, 0.6) is 0 Å². The second kappa shape index (κ2) is 13.6. The molecule has 0 aliphatic carbocycles. The Hall–Kier alpha value is -4.97. The topological polar surface area (TPSA) is 242 Å². The van der Waals surface area contributed by atoms with Crippen molar-refractivity contribution < 1.29 is 14.4 Å². The van der Waals surface area contributed by atoms with E-state index in [0.29, 0.717) is 51.1 Å². The van der Waals surface area contributed by atoms with E-state index < -0.39 is 23.7 Å². The van der Waals surface area contributed by atoms with Gasteiger partial charge in [0.25, 0.3) is 11.8 Å². The molecule has 0 saturated carbocycles. The minimum absolute atomic E-state index is 0.0194. The third kappa shape index (κ3) is 6.38. The van der Waals surface area contributed by atoms with Gasteiger partial charge >= 0.3 is 0 Å². The minimum Gasteiger partial charge on any atom is -0.358 e. The number of nitrogens with one attached hydrogen (secondary N) is 3. The van der Waals surface area contributed by atoms with Gasteiger partial charge in [0.2, 0.25) is 11.9 Å². The number of aromatic nitrogens is 1. The van der Waals surface area contributed by atoms with Crippen LogP contribution < -0.4 is 33.5 Å². The van der Waals surface area contributed by atoms with Crippen LogP contribution in [0.1, 0.15) is 37.0 Å². The second-order valence-corrected chi connectivity index (χ2v) is 11.5. The first-order valence-electron chi connectivity index (χ1n) is 14.8. The molecule has 246 valence electrons. The molecule has 4 heterocycles. The number of nitrogens with two attached hydrogens (primary N) is 3. The van der Waals surface area contributed by atoms with E-state index in [-0.39, 0.29) is 35.3 Å². The third-order valence-electron chi connectivity index (χ3n) is 8.52. The number of amides is 3. The van der Waals surface area contributed by atoms with Crippen molar-refractivity contribution >= 4 is 46.2 Å². The highest BCUT2D eigenvalue weighted by Gasteiger charge is 2.44. The average Bonchev–Trinajstić information content (AvgIpc) is 3.59. The number of benzene rings is 1. The first kappa shape index (κ1) is 32.4. The maximum Gasteiger partial charge on any atom is 0.275 e. The van der Waals surface area contributed by atoms with E-state index in [2.05, 4.69) is 41.6 Å². The number of aliphatic imine (C=N–C) groups is 1. The highest BCUT2D eigenvalue weighted by atomic mass is 35.5. The van der Waals surface area contributed by atoms with Crippen LogP contribution in [-0.4, -0.2) is 93.5 Å². The third-order valence-corrected chi connectivity index (χ3v) is 8.81. The predicted octanol–water partition coefficient (Wildman–Crippen LogP) is 0.0507. The molecule has 2 unspecified atom stereocenters. The fourth-order valence-electron chi connectivity index (χ4n) is 6.04. The Morgan fingerprint density at radius 3 is 2.50 bits per heavy atom. The summed E-state index contributed by atoms with van der Waals surface area (Å²) in [5.74, 6) is 16.1. The van der Waals surface area contributed by atoms with Gasteiger partial charge in [-0.15, -0.1) is 10.2 Å². The Balaban J connectivity index is 1.25. The lowest BCUT2D eigenvalue weighted by molar-refractivity contribution is -0.131. The standard InChI is InChI=1S/C27H38ClN15O3/c1-3-40(4-2)19(44)14-42-11-8-16-17(6-5-7-18(16)42)25(46)41-12-9-27(10-13-41)15-43(31)26(35-27)34-24(45)20-22(36-38-29)33-23(37-39-30)21(28)32-20/h5-8,11,20,22,32-33H,3-4,9-10,12-15,31H2,1-2H3,(H2,29,36)(H2,30,37)(H,34,35,45). The lowest BCUT2D eigenvalue weighted by Crippen LogP contribution is -2.55. The molecule has 1 spiro atoms. The Morgan fingerprint density at radius 1 is 1.09 bits per heavy atom. The minimum atomic E-state index is -1.08. The van der Waals surface area contributed by atoms with Gasteiger partial charge < -0.3 is 42.0 Å². The Morgan fingerprint density at radius 2 is 1.83 bits per heavy atom. The van der Waals surface area contributed by atoms with Gasteiger partial charge in [-0.1, -0.05) is 28.1 Å². The number of carbonyl (C=O) groups excluding carboxylic acids is 3. The number of likely N-dealkylation sites (tertiary alicyclic amines) is 1. The average molecular weight is 656 g/mol. The fourth-order valence-corrected chi connectivity index (χ4v) is 6.25. The zero-order valence-electron chi connectivity index (χ0n) is 25.6. The quantitative estimate of drug-likeness (QED) is 0.0966. The fraction of sp³-hybridized carbons (Fsp3) is 0.481. The van der Waals surface area contributed by atoms with Crippen LogP contribution in [0.25, 0.3) is 10.9 Å². The van der Waals surface area contributed by atoms with E-state index >= 15 is 0 Å². The molecule has 1 aromatic heterocycles. The Kier molecular flexibility index (Phi) is 9.57. The number of rotatable bonds is 8. The molecule has 9 N–H and O–H groups in total. The van der Waals surface area contributed by atoms with E-state index in [9.17, 15) is 14.4 Å². The van der Waals surface area contributed by atoms with Crippen LogP contribution in [-0.2, 0) is 16.1 Å². The van der Waals surface area contributed by atoms with Crippen LogP contribution in [0.15, 0.2) is 67.1 Å². The van der Waals surface area contributed by atoms with Crippen LogP contribution in [0.4, 0.5) is 0 Å². The van der Waals surface area contributed by atoms with E-state index in [4.69, 9.17) is 29.1 Å². The largest absolute Gasteiger partial charge is 0.358 e. The van der Waals surface area contributed by atoms with Crippen LogP contribution >= 0.6 is 11.6 Å². The first-order valence-corrected chi connectivity index (χ1v) is 15.2. The zero-order valence-corrected chi connectivity index (χ0v) is 26.3. The predicted molar refractivity (Wildman–Crippen MR) is 169 cm³/mol. The van der Waals surface area contributed by atoms with Gasteiger partial charge in [0.05, 0.1) is 12.1 Å². The Bertz CT molecular complexity index is 1610. The highest BCUT2D eigenvalue weighted by Crippen LogP contribution is 2.30. The number of fused-ring (bicyclic) bond motifs is 1. The SMILES string of the molecule is CCN(CC)C(=O)Cn1ccc2c(C(=O)N3CCC4(CC3)CN(N)/C(=N\C(=O)C3NC(Cl)=C(N=NN)NC3N=NN)N4)cccc21. The van der Waals surface area contributed by atoms with Crippen molar-refractivity contribution in [2.75, 3.05) is 32.7 Å². The molecule has 2 fully saturated rings. The molecule has 5 rings (SSSR count). The van der Waals surface area contributed by atoms with Gasteiger partial charge in [-0.25, -0.2) is 5.84 Å². The monoisotopic (exact) mass is 655 g/mol. The number of halogens is 1. The summed E-state index contributed by atoms with van der Waals surface area (Å²) in [4.78, 5) is 47.4. The molecule has 2 atom stereocenters. The molecule has 3 aliphatic rings. The maximum atomic E-state index is 13.7. The van der Waals surface area contributed by atoms with Gasteiger partial charge in [0.1, 0.15) is 11.7 Å². The Labute approximate surface area is 269 Å². The van der Waals surface area contributed by atoms with Crippen molar-refractivity contribution in [3.05, 3.63) is 47.0 Å². The summed E-state index contributed by atoms with van der Waals surface area (Å²) in [6.07, 6.45) is 2.00. The molecule has 19 heteroatoms. The number of hydrogen-bond donors (Lipinski definition) is 6. The molecule has 2 saturated heterocycles. The van der Waals surface area contributed by atoms with Crippen molar-refractivity contribution in [3.8, 4) is 0 Å². The van der Waals surface area contributed by atoms with Crippen molar-refractivity contribution in [2.24, 2.45) is 43.2 Å². The molecule has 2 aromatic rings. The number of likely N-dealkylation sites (N-methyl/N-ethyl adjacent to an activating group) is 1. The summed E-state index contributed by atoms with van der Waals surface area (Å²) in [6.45, 7) is 6.70. The highest BCUT2D eigenvalue weighted by molar-refractivity contribution is 6.29. The maximum absolute atomic E-state index is 13.7. The number of guanidine groups is 1. The van der Waals surface area contributed by atoms with Crippen LogP contribution in [0, 0.1) is 0 Å². The number of carbonyl (C=O) groups is 3. The molecule has 1 aromatic carbocycles. The summed E-state index contributed by atoms with van der Waals surface area (Å²) in [5.41, 5.74) is 0.916. The molecular formula is C27H38ClN15O3. The van der Waals surface area contributed by atoms with Crippen molar-refractivity contribution in [2.45, 2.75) is 51.0 Å². The molecule has 3 aliphatic heterocycles. The van der Waals surface area contributed by atoms with Gasteiger partial charge in [0, 0.05) is 48.8 Å².